The van der Waals surface area contributed by atoms with Gasteiger partial charge in [-0.2, -0.15) is 10.1 Å². The Morgan fingerprint density at radius 3 is 2.60 bits per heavy atom. The van der Waals surface area contributed by atoms with Gasteiger partial charge in [0, 0.05) is 31.4 Å². The number of carbonyl (C=O) groups is 1. The van der Waals surface area contributed by atoms with E-state index in [9.17, 15) is 13.6 Å². The fraction of sp³-hybridized carbons (Fsp3) is 0.391. The van der Waals surface area contributed by atoms with Gasteiger partial charge < -0.3 is 26.4 Å². The Balaban J connectivity index is 1.62. The third kappa shape index (κ3) is 5.32. The van der Waals surface area contributed by atoms with Gasteiger partial charge in [0.25, 0.3) is 5.91 Å². The first-order valence-electron chi connectivity index (χ1n) is 11.5. The number of amides is 1. The number of aryl methyl sites for hydroxylation is 1. The van der Waals surface area contributed by atoms with E-state index in [2.05, 4.69) is 32.2 Å². The van der Waals surface area contributed by atoms with Gasteiger partial charge in [-0.1, -0.05) is 13.8 Å². The predicted octanol–water partition coefficient (Wildman–Crippen LogP) is 3.39. The first-order chi connectivity index (χ1) is 16.8. The van der Waals surface area contributed by atoms with Gasteiger partial charge in [-0.3, -0.25) is 9.48 Å². The van der Waals surface area contributed by atoms with E-state index in [-0.39, 0.29) is 40.6 Å². The van der Waals surface area contributed by atoms with Crippen LogP contribution in [-0.2, 0) is 6.42 Å². The van der Waals surface area contributed by atoms with Crippen molar-refractivity contribution in [1.82, 2.24) is 24.6 Å². The Hall–Kier alpha value is -3.80. The lowest BCUT2D eigenvalue weighted by Crippen LogP contribution is -2.34. The van der Waals surface area contributed by atoms with Crippen LogP contribution in [-0.4, -0.2) is 50.2 Å². The molecule has 0 unspecified atom stereocenters. The number of aromatic nitrogens is 4. The second-order valence-corrected chi connectivity index (χ2v) is 8.30. The van der Waals surface area contributed by atoms with Crippen molar-refractivity contribution in [3.63, 3.8) is 0 Å². The van der Waals surface area contributed by atoms with Crippen molar-refractivity contribution in [3.05, 3.63) is 47.5 Å². The molecule has 186 valence electrons. The number of hydrogen-bond acceptors (Lipinski definition) is 8. The van der Waals surface area contributed by atoms with E-state index in [0.717, 1.165) is 38.5 Å². The van der Waals surface area contributed by atoms with Crippen molar-refractivity contribution in [1.29, 1.82) is 0 Å². The third-order valence-electron chi connectivity index (χ3n) is 6.00. The summed E-state index contributed by atoms with van der Waals surface area (Å²) in [5.41, 5.74) is 11.5. The number of nitrogens with zero attached hydrogens (tertiary/aromatic N) is 5. The summed E-state index contributed by atoms with van der Waals surface area (Å²) in [7, 11) is 0. The van der Waals surface area contributed by atoms with Gasteiger partial charge in [-0.15, -0.1) is 0 Å². The maximum atomic E-state index is 14.3. The van der Waals surface area contributed by atoms with Crippen LogP contribution >= 0.6 is 0 Å². The summed E-state index contributed by atoms with van der Waals surface area (Å²) in [5.74, 6) is -3.01. The Kier molecular flexibility index (Phi) is 7.10. The number of piperidine rings is 1. The van der Waals surface area contributed by atoms with Crippen LogP contribution < -0.4 is 21.5 Å². The number of anilines is 3. The molecule has 1 saturated heterocycles. The van der Waals surface area contributed by atoms with E-state index in [4.69, 9.17) is 16.2 Å². The molecular weight excluding hydrogens is 458 g/mol. The summed E-state index contributed by atoms with van der Waals surface area (Å²) in [4.78, 5) is 23.1. The number of rotatable bonds is 8. The van der Waals surface area contributed by atoms with Crippen LogP contribution in [0.2, 0.25) is 0 Å². The van der Waals surface area contributed by atoms with Crippen molar-refractivity contribution in [3.8, 4) is 11.6 Å². The molecule has 0 spiro atoms. The standard InChI is InChI=1S/C23H28F2N8O2/c1-3-18-23(35-19-10-17(26)15(24)9-16(19)25)31-22(20(30-18)21(27)34)29-13-11-28-33(12-13)14-5-7-32(4-2)8-6-14/h9-12,14H,3-8,26H2,1-2H3,(H2,27,34)(H,29,31). The van der Waals surface area contributed by atoms with Gasteiger partial charge in [0.15, 0.2) is 23.1 Å². The zero-order valence-corrected chi connectivity index (χ0v) is 19.6. The summed E-state index contributed by atoms with van der Waals surface area (Å²) < 4.78 is 35.3. The monoisotopic (exact) mass is 486 g/mol. The molecule has 35 heavy (non-hydrogen) atoms. The van der Waals surface area contributed by atoms with Gasteiger partial charge in [0.2, 0.25) is 5.88 Å². The number of ether oxygens (including phenoxy) is 1. The topological polar surface area (TPSA) is 137 Å². The van der Waals surface area contributed by atoms with E-state index in [1.807, 2.05) is 10.9 Å². The quantitative estimate of drug-likeness (QED) is 0.412. The number of nitrogens with two attached hydrogens (primary N) is 2. The van der Waals surface area contributed by atoms with Crippen LogP contribution in [0.4, 0.5) is 26.0 Å². The molecule has 10 nitrogen and oxygen atoms in total. The summed E-state index contributed by atoms with van der Waals surface area (Å²) in [6.45, 7) is 6.95. The van der Waals surface area contributed by atoms with Crippen LogP contribution in [0.15, 0.2) is 24.5 Å². The van der Waals surface area contributed by atoms with Gasteiger partial charge in [0.1, 0.15) is 11.5 Å². The summed E-state index contributed by atoms with van der Waals surface area (Å²) >= 11 is 0. The fourth-order valence-electron chi connectivity index (χ4n) is 3.99. The molecule has 1 aliphatic rings. The number of nitrogen functional groups attached to an aromatic ring is 1. The molecule has 0 atom stereocenters. The Bertz CT molecular complexity index is 1220. The van der Waals surface area contributed by atoms with Crippen molar-refractivity contribution in [2.24, 2.45) is 5.73 Å². The highest BCUT2D eigenvalue weighted by Crippen LogP contribution is 2.31. The highest BCUT2D eigenvalue weighted by Gasteiger charge is 2.23. The lowest BCUT2D eigenvalue weighted by molar-refractivity contribution is 0.0996. The normalized spacial score (nSPS) is 14.7. The molecule has 5 N–H and O–H groups in total. The molecule has 0 aliphatic carbocycles. The van der Waals surface area contributed by atoms with E-state index < -0.39 is 17.5 Å². The SMILES string of the molecule is CCc1nc(C(N)=O)c(Nc2cnn(C3CCN(CC)CC3)c2)nc1Oc1cc(N)c(F)cc1F. The van der Waals surface area contributed by atoms with Gasteiger partial charge in [0.05, 0.1) is 23.6 Å². The van der Waals surface area contributed by atoms with Crippen molar-refractivity contribution < 1.29 is 18.3 Å². The van der Waals surface area contributed by atoms with E-state index in [0.29, 0.717) is 18.2 Å². The number of primary amides is 1. The van der Waals surface area contributed by atoms with Crippen LogP contribution in [0.3, 0.4) is 0 Å². The molecule has 1 aromatic carbocycles. The molecular formula is C23H28F2N8O2. The van der Waals surface area contributed by atoms with Crippen molar-refractivity contribution in [2.75, 3.05) is 30.7 Å². The molecule has 0 saturated carbocycles. The molecule has 4 rings (SSSR count). The number of carbonyl (C=O) groups excluding carboxylic acids is 1. The van der Waals surface area contributed by atoms with E-state index in [1.165, 1.54) is 0 Å². The minimum atomic E-state index is -0.954. The van der Waals surface area contributed by atoms with Crippen molar-refractivity contribution >= 4 is 23.1 Å². The number of nitrogens with one attached hydrogen (secondary N) is 1. The van der Waals surface area contributed by atoms with Gasteiger partial charge in [-0.05, 0) is 25.8 Å². The fourth-order valence-corrected chi connectivity index (χ4v) is 3.99. The van der Waals surface area contributed by atoms with Crippen LogP contribution in [0.1, 0.15) is 48.9 Å². The second kappa shape index (κ2) is 10.2. The summed E-state index contributed by atoms with van der Waals surface area (Å²) in [5, 5.41) is 7.48. The minimum absolute atomic E-state index is 0.0283. The molecule has 12 heteroatoms. The first-order valence-corrected chi connectivity index (χ1v) is 11.5. The van der Waals surface area contributed by atoms with E-state index >= 15 is 0 Å². The Morgan fingerprint density at radius 1 is 1.20 bits per heavy atom. The zero-order chi connectivity index (χ0) is 25.1. The summed E-state index contributed by atoms with van der Waals surface area (Å²) in [6, 6.07) is 1.91. The molecule has 0 radical (unpaired) electrons. The number of benzene rings is 1. The minimum Gasteiger partial charge on any atom is -0.434 e. The molecule has 0 bridgehead atoms. The highest BCUT2D eigenvalue weighted by atomic mass is 19.1. The first kappa shape index (κ1) is 24.3. The average molecular weight is 487 g/mol. The summed E-state index contributed by atoms with van der Waals surface area (Å²) in [6.07, 6.45) is 5.73. The lowest BCUT2D eigenvalue weighted by atomic mass is 10.1. The van der Waals surface area contributed by atoms with Gasteiger partial charge >= 0.3 is 0 Å². The smallest absolute Gasteiger partial charge is 0.271 e. The average Bonchev–Trinajstić information content (AvgIpc) is 3.31. The van der Waals surface area contributed by atoms with Crippen LogP contribution in [0.5, 0.6) is 11.6 Å². The Labute approximate surface area is 201 Å². The van der Waals surface area contributed by atoms with Crippen molar-refractivity contribution in [2.45, 2.75) is 39.2 Å². The Morgan fingerprint density at radius 2 is 1.94 bits per heavy atom. The number of halogens is 2. The zero-order valence-electron chi connectivity index (χ0n) is 19.6. The molecule has 3 aromatic rings. The maximum Gasteiger partial charge on any atom is 0.271 e. The molecule has 2 aromatic heterocycles. The number of hydrogen-bond donors (Lipinski definition) is 3. The molecule has 3 heterocycles. The van der Waals surface area contributed by atoms with E-state index in [1.54, 1.807) is 13.1 Å². The second-order valence-electron chi connectivity index (χ2n) is 8.30. The molecule has 1 fully saturated rings. The largest absolute Gasteiger partial charge is 0.434 e. The molecule has 1 amide bonds. The van der Waals surface area contributed by atoms with Crippen LogP contribution in [0.25, 0.3) is 0 Å². The molecule has 1 aliphatic heterocycles. The predicted molar refractivity (Wildman–Crippen MR) is 127 cm³/mol. The maximum absolute atomic E-state index is 14.3. The van der Waals surface area contributed by atoms with Gasteiger partial charge in [-0.25, -0.2) is 13.8 Å². The number of likely N-dealkylation sites (tertiary alicyclic amines) is 1. The van der Waals surface area contributed by atoms with Crippen LogP contribution in [0, 0.1) is 11.6 Å². The highest BCUT2D eigenvalue weighted by molar-refractivity contribution is 5.96. The lowest BCUT2D eigenvalue weighted by Gasteiger charge is -2.31. The third-order valence-corrected chi connectivity index (χ3v) is 6.00.